The van der Waals surface area contributed by atoms with Gasteiger partial charge < -0.3 is 10.4 Å². The number of carboxylic acids is 1. The summed E-state index contributed by atoms with van der Waals surface area (Å²) >= 11 is 0. The van der Waals surface area contributed by atoms with Gasteiger partial charge in [-0.1, -0.05) is 26.2 Å². The van der Waals surface area contributed by atoms with Gasteiger partial charge in [0.25, 0.3) is 0 Å². The van der Waals surface area contributed by atoms with Gasteiger partial charge in [-0.3, -0.25) is 4.79 Å². The van der Waals surface area contributed by atoms with Gasteiger partial charge in [-0.15, -0.1) is 0 Å². The van der Waals surface area contributed by atoms with Crippen molar-refractivity contribution in [1.82, 2.24) is 9.97 Å². The third kappa shape index (κ3) is 4.41. The molecule has 0 spiro atoms. The van der Waals surface area contributed by atoms with Crippen LogP contribution < -0.4 is 5.32 Å². The van der Waals surface area contributed by atoms with E-state index >= 15 is 0 Å². The van der Waals surface area contributed by atoms with Crippen LogP contribution >= 0.6 is 0 Å². The molecule has 5 nitrogen and oxygen atoms in total. The van der Waals surface area contributed by atoms with Crippen molar-refractivity contribution in [2.45, 2.75) is 58.8 Å². The van der Waals surface area contributed by atoms with E-state index in [-0.39, 0.29) is 11.8 Å². The van der Waals surface area contributed by atoms with Gasteiger partial charge >= 0.3 is 5.97 Å². The van der Waals surface area contributed by atoms with Crippen LogP contribution in [0.1, 0.15) is 57.0 Å². The second-order valence-electron chi connectivity index (χ2n) is 6.13. The molecule has 2 rings (SSSR count). The van der Waals surface area contributed by atoms with Gasteiger partial charge in [0.15, 0.2) is 0 Å². The maximum absolute atomic E-state index is 11.2. The molecule has 0 aromatic carbocycles. The van der Waals surface area contributed by atoms with Crippen molar-refractivity contribution in [3.05, 3.63) is 17.6 Å². The highest BCUT2D eigenvalue weighted by molar-refractivity contribution is 5.67. The molecule has 1 aromatic heterocycles. The minimum atomic E-state index is -0.702. The maximum Gasteiger partial charge on any atom is 0.303 e. The topological polar surface area (TPSA) is 75.1 Å². The fraction of sp³-hybridized carbons (Fsp3) is 0.688. The highest BCUT2D eigenvalue weighted by Gasteiger charge is 2.34. The van der Waals surface area contributed by atoms with Crippen molar-refractivity contribution in [3.8, 4) is 0 Å². The van der Waals surface area contributed by atoms with Crippen LogP contribution in [0.2, 0.25) is 0 Å². The van der Waals surface area contributed by atoms with E-state index in [4.69, 9.17) is 0 Å². The Balaban J connectivity index is 2.07. The summed E-state index contributed by atoms with van der Waals surface area (Å²) < 4.78 is 0. The predicted octanol–water partition coefficient (Wildman–Crippen LogP) is 3.18. The molecule has 0 radical (unpaired) electrons. The third-order valence-corrected chi connectivity index (χ3v) is 4.34. The normalized spacial score (nSPS) is 17.4. The molecule has 2 N–H and O–H groups in total. The van der Waals surface area contributed by atoms with E-state index in [1.54, 1.807) is 0 Å². The summed E-state index contributed by atoms with van der Waals surface area (Å²) in [6.45, 7) is 4.63. The molecule has 1 aromatic rings. The summed E-state index contributed by atoms with van der Waals surface area (Å²) in [5.74, 6) is 0.870. The van der Waals surface area contributed by atoms with Crippen LogP contribution in [0.4, 0.5) is 5.82 Å². The molecule has 5 heteroatoms. The average Bonchev–Trinajstić information content (AvgIpc) is 2.45. The van der Waals surface area contributed by atoms with Crippen molar-refractivity contribution in [1.29, 1.82) is 0 Å². The molecule has 1 aliphatic rings. The lowest BCUT2D eigenvalue weighted by Crippen LogP contribution is -2.34. The zero-order valence-electron chi connectivity index (χ0n) is 13.0. The van der Waals surface area contributed by atoms with Crippen molar-refractivity contribution in [2.75, 3.05) is 11.9 Å². The second kappa shape index (κ2) is 6.87. The Morgan fingerprint density at radius 1 is 1.33 bits per heavy atom. The van der Waals surface area contributed by atoms with Gasteiger partial charge in [-0.05, 0) is 31.6 Å². The van der Waals surface area contributed by atoms with Gasteiger partial charge in [-0.2, -0.15) is 0 Å². The number of carboxylic acid groups (broad SMARTS) is 1. The minimum Gasteiger partial charge on any atom is -0.481 e. The number of hydrogen-bond acceptors (Lipinski definition) is 4. The molecule has 21 heavy (non-hydrogen) atoms. The third-order valence-electron chi connectivity index (χ3n) is 4.34. The largest absolute Gasteiger partial charge is 0.481 e. The van der Waals surface area contributed by atoms with Crippen LogP contribution in [0.5, 0.6) is 0 Å². The average molecular weight is 291 g/mol. The van der Waals surface area contributed by atoms with E-state index in [9.17, 15) is 9.90 Å². The number of rotatable bonds is 6. The number of aromatic nitrogens is 2. The Labute approximate surface area is 126 Å². The molecule has 0 bridgehead atoms. The summed E-state index contributed by atoms with van der Waals surface area (Å²) in [7, 11) is 0. The maximum atomic E-state index is 11.2. The Morgan fingerprint density at radius 2 is 2.05 bits per heavy atom. The van der Waals surface area contributed by atoms with Gasteiger partial charge in [0.1, 0.15) is 11.6 Å². The number of aliphatic carboxylic acids is 1. The van der Waals surface area contributed by atoms with E-state index in [2.05, 4.69) is 22.2 Å². The predicted molar refractivity (Wildman–Crippen MR) is 82.4 cm³/mol. The van der Waals surface area contributed by atoms with Crippen LogP contribution in [0.15, 0.2) is 6.07 Å². The molecule has 1 aliphatic carbocycles. The molecular weight excluding hydrogens is 266 g/mol. The van der Waals surface area contributed by atoms with Gasteiger partial charge in [0, 0.05) is 18.3 Å². The molecule has 0 aliphatic heterocycles. The molecule has 0 unspecified atom stereocenters. The van der Waals surface area contributed by atoms with E-state index in [1.807, 2.05) is 13.0 Å². The smallest absolute Gasteiger partial charge is 0.303 e. The number of nitrogens with one attached hydrogen (secondary N) is 1. The zero-order valence-corrected chi connectivity index (χ0v) is 13.0. The van der Waals surface area contributed by atoms with Crippen molar-refractivity contribution >= 4 is 11.8 Å². The second-order valence-corrected chi connectivity index (χ2v) is 6.13. The quantitative estimate of drug-likeness (QED) is 0.842. The van der Waals surface area contributed by atoms with E-state index < -0.39 is 5.97 Å². The SMILES string of the molecule is CCc1cc(NCC2(CC(=O)O)CCCCC2)nc(C)n1. The van der Waals surface area contributed by atoms with Crippen LogP contribution in [0.3, 0.4) is 0 Å². The number of anilines is 1. The summed E-state index contributed by atoms with van der Waals surface area (Å²) in [5, 5.41) is 12.6. The molecule has 1 saturated carbocycles. The minimum absolute atomic E-state index is 0.130. The summed E-state index contributed by atoms with van der Waals surface area (Å²) in [4.78, 5) is 20.0. The first-order valence-electron chi connectivity index (χ1n) is 7.83. The Morgan fingerprint density at radius 3 is 2.67 bits per heavy atom. The lowest BCUT2D eigenvalue weighted by molar-refractivity contribution is -0.140. The Bertz CT molecular complexity index is 496. The summed E-state index contributed by atoms with van der Waals surface area (Å²) in [6.07, 6.45) is 6.54. The number of aryl methyl sites for hydroxylation is 2. The Hall–Kier alpha value is -1.65. The first kappa shape index (κ1) is 15.7. The number of carbonyl (C=O) groups is 1. The van der Waals surface area contributed by atoms with Gasteiger partial charge in [0.2, 0.25) is 0 Å². The molecule has 1 fully saturated rings. The fourth-order valence-corrected chi connectivity index (χ4v) is 3.22. The number of nitrogens with zero attached hydrogens (tertiary/aromatic N) is 2. The highest BCUT2D eigenvalue weighted by Crippen LogP contribution is 2.39. The van der Waals surface area contributed by atoms with Crippen LogP contribution in [-0.4, -0.2) is 27.6 Å². The molecule has 0 amide bonds. The van der Waals surface area contributed by atoms with Gasteiger partial charge in [-0.25, -0.2) is 9.97 Å². The molecule has 116 valence electrons. The monoisotopic (exact) mass is 291 g/mol. The summed E-state index contributed by atoms with van der Waals surface area (Å²) in [6, 6.07) is 1.96. The first-order chi connectivity index (χ1) is 10.0. The lowest BCUT2D eigenvalue weighted by atomic mass is 9.71. The van der Waals surface area contributed by atoms with Crippen molar-refractivity contribution in [3.63, 3.8) is 0 Å². The molecule has 0 atom stereocenters. The molecule has 1 heterocycles. The van der Waals surface area contributed by atoms with E-state index in [0.29, 0.717) is 6.54 Å². The lowest BCUT2D eigenvalue weighted by Gasteiger charge is -2.36. The van der Waals surface area contributed by atoms with Crippen molar-refractivity contribution in [2.24, 2.45) is 5.41 Å². The van der Waals surface area contributed by atoms with Crippen LogP contribution in [-0.2, 0) is 11.2 Å². The van der Waals surface area contributed by atoms with E-state index in [1.165, 1.54) is 6.42 Å². The summed E-state index contributed by atoms with van der Waals surface area (Å²) in [5.41, 5.74) is 0.885. The van der Waals surface area contributed by atoms with E-state index in [0.717, 1.165) is 49.4 Å². The van der Waals surface area contributed by atoms with Crippen LogP contribution in [0.25, 0.3) is 0 Å². The first-order valence-corrected chi connectivity index (χ1v) is 7.83. The molecular formula is C16H25N3O2. The standard InChI is InChI=1S/C16H25N3O2/c1-3-13-9-14(19-12(2)18-13)17-11-16(10-15(20)21)7-5-4-6-8-16/h9H,3-8,10-11H2,1-2H3,(H,20,21)(H,17,18,19). The van der Waals surface area contributed by atoms with Crippen LogP contribution in [0, 0.1) is 12.3 Å². The Kier molecular flexibility index (Phi) is 5.15. The highest BCUT2D eigenvalue weighted by atomic mass is 16.4. The van der Waals surface area contributed by atoms with Crippen molar-refractivity contribution < 1.29 is 9.90 Å². The van der Waals surface area contributed by atoms with Gasteiger partial charge in [0.05, 0.1) is 6.42 Å². The molecule has 0 saturated heterocycles. The zero-order chi connectivity index (χ0) is 15.3. The fourth-order valence-electron chi connectivity index (χ4n) is 3.22. The number of hydrogen-bond donors (Lipinski definition) is 2.